The number of nitrogens with zero attached hydrogens (tertiary/aromatic N) is 7. The van der Waals surface area contributed by atoms with E-state index in [9.17, 15) is 14.4 Å². The van der Waals surface area contributed by atoms with Gasteiger partial charge in [0.25, 0.3) is 11.5 Å². The fraction of sp³-hybridized carbons (Fsp3) is 0.432. The van der Waals surface area contributed by atoms with Crippen molar-refractivity contribution in [2.45, 2.75) is 52.1 Å². The number of halogens is 1. The number of pyridine rings is 3. The molecule has 2 fully saturated rings. The zero-order chi connectivity index (χ0) is 34.9. The molecule has 0 aromatic carbocycles. The van der Waals surface area contributed by atoms with Crippen molar-refractivity contribution in [3.63, 3.8) is 0 Å². The standard InChI is InChI=1S/C35H37FN8O4.C2H6/c1-40-18-22(16-28(34(40)46)39-30-7-6-23(17-38-30)41-10-12-42(13-11-41)24-20-48-21-24)25-8-9-37-33(27(25)19-45)44-15-14-43-29-5-3-2-4-26(29)31(36)32(43)35(44)47;1-2/h6-9,16-19,24H,2-5,10-15,20-21H2,1H3,(H,38,39);1-2H3. The van der Waals surface area contributed by atoms with Crippen LogP contribution in [0.4, 0.5) is 27.4 Å². The number of nitrogens with one attached hydrogen (secondary N) is 1. The average Bonchev–Trinajstić information content (AvgIpc) is 3.43. The highest BCUT2D eigenvalue weighted by Crippen LogP contribution is 2.35. The molecular weight excluding hydrogens is 639 g/mol. The van der Waals surface area contributed by atoms with E-state index in [4.69, 9.17) is 4.74 Å². The second kappa shape index (κ2) is 14.2. The second-order valence-corrected chi connectivity index (χ2v) is 12.9. The topological polar surface area (TPSA) is 118 Å². The third-order valence-corrected chi connectivity index (χ3v) is 10.2. The Morgan fingerprint density at radius 2 is 1.76 bits per heavy atom. The van der Waals surface area contributed by atoms with Crippen LogP contribution < -0.4 is 20.7 Å². The molecule has 4 aromatic heterocycles. The lowest BCUT2D eigenvalue weighted by Gasteiger charge is -2.43. The molecule has 13 heteroatoms. The van der Waals surface area contributed by atoms with Crippen LogP contribution in [0.1, 0.15) is 58.8 Å². The predicted octanol–water partition coefficient (Wildman–Crippen LogP) is 4.43. The molecule has 2 saturated heterocycles. The van der Waals surface area contributed by atoms with Crippen LogP contribution in [0.3, 0.4) is 0 Å². The van der Waals surface area contributed by atoms with E-state index in [1.54, 1.807) is 25.4 Å². The molecule has 12 nitrogen and oxygen atoms in total. The summed E-state index contributed by atoms with van der Waals surface area (Å²) in [6, 6.07) is 7.73. The number of piperazine rings is 1. The van der Waals surface area contributed by atoms with Crippen LogP contribution in [0.25, 0.3) is 11.1 Å². The number of anilines is 4. The van der Waals surface area contributed by atoms with E-state index in [2.05, 4.69) is 25.1 Å². The third kappa shape index (κ3) is 5.98. The highest BCUT2D eigenvalue weighted by atomic mass is 19.1. The predicted molar refractivity (Wildman–Crippen MR) is 190 cm³/mol. The Hall–Kier alpha value is -4.88. The Labute approximate surface area is 290 Å². The molecule has 7 heterocycles. The van der Waals surface area contributed by atoms with E-state index < -0.39 is 11.7 Å². The fourth-order valence-electron chi connectivity index (χ4n) is 7.47. The van der Waals surface area contributed by atoms with Crippen LogP contribution in [0, 0.1) is 5.82 Å². The number of ether oxygens (including phenoxy) is 1. The van der Waals surface area contributed by atoms with Gasteiger partial charge in [0.15, 0.2) is 12.1 Å². The number of rotatable bonds is 7. The van der Waals surface area contributed by atoms with Crippen molar-refractivity contribution >= 4 is 35.2 Å². The molecule has 0 spiro atoms. The molecule has 1 amide bonds. The first-order chi connectivity index (χ1) is 24.4. The number of carbonyl (C=O) groups is 2. The number of amides is 1. The van der Waals surface area contributed by atoms with Gasteiger partial charge in [-0.05, 0) is 55.5 Å². The summed E-state index contributed by atoms with van der Waals surface area (Å²) in [7, 11) is 1.64. The summed E-state index contributed by atoms with van der Waals surface area (Å²) in [4.78, 5) is 54.8. The molecule has 0 bridgehead atoms. The van der Waals surface area contributed by atoms with Gasteiger partial charge in [-0.3, -0.25) is 24.2 Å². The molecular formula is C37H43FN8O4. The molecule has 4 aliphatic rings. The molecule has 1 aliphatic carbocycles. The summed E-state index contributed by atoms with van der Waals surface area (Å²) in [6.07, 6.45) is 8.89. The lowest BCUT2D eigenvalue weighted by atomic mass is 9.97. The van der Waals surface area contributed by atoms with Crippen molar-refractivity contribution in [2.24, 2.45) is 7.05 Å². The number of aromatic nitrogens is 4. The van der Waals surface area contributed by atoms with Crippen molar-refractivity contribution in [1.29, 1.82) is 0 Å². The lowest BCUT2D eigenvalue weighted by molar-refractivity contribution is -0.0660. The SMILES string of the molecule is CC.Cn1cc(-c2ccnc(N3CCn4c5c(c(F)c4C3=O)CCCC5)c2C=O)cc(Nc2ccc(N3CCN(C4COC4)CC3)cn2)c1=O. The summed E-state index contributed by atoms with van der Waals surface area (Å²) >= 11 is 0. The van der Waals surface area contributed by atoms with Crippen LogP contribution in [-0.2, 0) is 31.2 Å². The molecule has 3 aliphatic heterocycles. The van der Waals surface area contributed by atoms with Crippen LogP contribution in [-0.4, -0.2) is 88.2 Å². The van der Waals surface area contributed by atoms with Gasteiger partial charge in [0.1, 0.15) is 23.0 Å². The monoisotopic (exact) mass is 682 g/mol. The van der Waals surface area contributed by atoms with Crippen molar-refractivity contribution in [3.05, 3.63) is 81.5 Å². The van der Waals surface area contributed by atoms with Gasteiger partial charge in [0.2, 0.25) is 0 Å². The van der Waals surface area contributed by atoms with Gasteiger partial charge in [0.05, 0.1) is 36.7 Å². The van der Waals surface area contributed by atoms with Crippen LogP contribution in [0.15, 0.2) is 47.7 Å². The Bertz CT molecular complexity index is 1960. The number of fused-ring (bicyclic) bond motifs is 3. The highest BCUT2D eigenvalue weighted by molar-refractivity contribution is 6.09. The molecule has 1 N–H and O–H groups in total. The van der Waals surface area contributed by atoms with Gasteiger partial charge >= 0.3 is 0 Å². The number of carbonyl (C=O) groups excluding carboxylic acids is 2. The van der Waals surface area contributed by atoms with Crippen LogP contribution >= 0.6 is 0 Å². The molecule has 262 valence electrons. The molecule has 0 unspecified atom stereocenters. The van der Waals surface area contributed by atoms with E-state index in [-0.39, 0.29) is 34.9 Å². The first kappa shape index (κ1) is 33.6. The minimum atomic E-state index is -0.506. The Morgan fingerprint density at radius 1 is 0.980 bits per heavy atom. The largest absolute Gasteiger partial charge is 0.378 e. The van der Waals surface area contributed by atoms with Gasteiger partial charge in [-0.15, -0.1) is 0 Å². The fourth-order valence-corrected chi connectivity index (χ4v) is 7.47. The number of hydrogen-bond donors (Lipinski definition) is 1. The summed E-state index contributed by atoms with van der Waals surface area (Å²) in [5.41, 5.74) is 3.87. The number of aryl methyl sites for hydroxylation is 1. The quantitative estimate of drug-likeness (QED) is 0.283. The Balaban J connectivity index is 0.00000193. The van der Waals surface area contributed by atoms with E-state index in [0.29, 0.717) is 47.8 Å². The third-order valence-electron chi connectivity index (χ3n) is 10.2. The van der Waals surface area contributed by atoms with Gasteiger partial charge < -0.3 is 24.1 Å². The van der Waals surface area contributed by atoms with Gasteiger partial charge in [-0.2, -0.15) is 0 Å². The van der Waals surface area contributed by atoms with Gasteiger partial charge in [-0.25, -0.2) is 14.4 Å². The maximum Gasteiger partial charge on any atom is 0.279 e. The highest BCUT2D eigenvalue weighted by Gasteiger charge is 2.36. The van der Waals surface area contributed by atoms with Crippen molar-refractivity contribution in [3.8, 4) is 11.1 Å². The first-order valence-corrected chi connectivity index (χ1v) is 17.6. The van der Waals surface area contributed by atoms with E-state index in [1.165, 1.54) is 15.7 Å². The zero-order valence-electron chi connectivity index (χ0n) is 28.8. The van der Waals surface area contributed by atoms with Gasteiger partial charge in [-0.1, -0.05) is 13.8 Å². The van der Waals surface area contributed by atoms with Crippen molar-refractivity contribution in [1.82, 2.24) is 24.0 Å². The van der Waals surface area contributed by atoms with E-state index in [0.717, 1.165) is 70.0 Å². The number of hydrogen-bond acceptors (Lipinski definition) is 9. The van der Waals surface area contributed by atoms with Crippen molar-refractivity contribution < 1.29 is 18.7 Å². The second-order valence-electron chi connectivity index (χ2n) is 12.9. The molecule has 8 rings (SSSR count). The van der Waals surface area contributed by atoms with E-state index >= 15 is 4.39 Å². The summed E-state index contributed by atoms with van der Waals surface area (Å²) < 4.78 is 24.1. The molecule has 0 radical (unpaired) electrons. The smallest absolute Gasteiger partial charge is 0.279 e. The molecule has 4 aromatic rings. The molecule has 50 heavy (non-hydrogen) atoms. The van der Waals surface area contributed by atoms with Crippen LogP contribution in [0.5, 0.6) is 0 Å². The summed E-state index contributed by atoms with van der Waals surface area (Å²) in [5, 5.41) is 3.16. The average molecular weight is 683 g/mol. The Kier molecular flexibility index (Phi) is 9.52. The van der Waals surface area contributed by atoms with Gasteiger partial charge in [0, 0.05) is 75.5 Å². The van der Waals surface area contributed by atoms with Crippen LogP contribution in [0.2, 0.25) is 0 Å². The first-order valence-electron chi connectivity index (χ1n) is 17.6. The normalized spacial score (nSPS) is 17.7. The van der Waals surface area contributed by atoms with E-state index in [1.807, 2.05) is 36.7 Å². The summed E-state index contributed by atoms with van der Waals surface area (Å²) in [5.74, 6) is -0.288. The number of aldehydes is 1. The maximum absolute atomic E-state index is 15.5. The molecule has 0 atom stereocenters. The van der Waals surface area contributed by atoms with Crippen molar-refractivity contribution in [2.75, 3.05) is 61.1 Å². The zero-order valence-corrected chi connectivity index (χ0v) is 28.8. The lowest BCUT2D eigenvalue weighted by Crippen LogP contribution is -2.56. The minimum absolute atomic E-state index is 0.0374. The molecule has 0 saturated carbocycles. The summed E-state index contributed by atoms with van der Waals surface area (Å²) in [6.45, 7) is 10.1. The maximum atomic E-state index is 15.5. The Morgan fingerprint density at radius 3 is 2.46 bits per heavy atom. The minimum Gasteiger partial charge on any atom is -0.378 e.